The molecule has 18 heavy (non-hydrogen) atoms. The second-order valence-corrected chi connectivity index (χ2v) is 4.49. The minimum absolute atomic E-state index is 0.453. The van der Waals surface area contributed by atoms with Crippen LogP contribution in [0.15, 0.2) is 24.3 Å². The highest BCUT2D eigenvalue weighted by atomic mass is 16.4. The van der Waals surface area contributed by atoms with Crippen LogP contribution in [-0.2, 0) is 11.3 Å². The van der Waals surface area contributed by atoms with E-state index in [0.717, 1.165) is 18.5 Å². The van der Waals surface area contributed by atoms with Crippen molar-refractivity contribution in [3.05, 3.63) is 35.4 Å². The molecule has 0 saturated carbocycles. The molecule has 2 rings (SSSR count). The Labute approximate surface area is 105 Å². The minimum Gasteiger partial charge on any atom is -0.480 e. The third-order valence-corrected chi connectivity index (χ3v) is 3.30. The monoisotopic (exact) mass is 248 g/mol. The average Bonchev–Trinajstić information content (AvgIpc) is 2.77. The Hall–Kier alpha value is -1.88. The largest absolute Gasteiger partial charge is 0.480 e. The van der Waals surface area contributed by atoms with Crippen molar-refractivity contribution >= 4 is 11.9 Å². The first-order chi connectivity index (χ1) is 8.59. The summed E-state index contributed by atoms with van der Waals surface area (Å²) < 4.78 is 0. The molecule has 96 valence electrons. The molecule has 3 N–H and O–H groups in total. The summed E-state index contributed by atoms with van der Waals surface area (Å²) in [6.45, 7) is 1.19. The molecule has 1 atom stereocenters. The van der Waals surface area contributed by atoms with Gasteiger partial charge in [0.25, 0.3) is 0 Å². The summed E-state index contributed by atoms with van der Waals surface area (Å²) >= 11 is 0. The molecule has 0 radical (unpaired) electrons. The number of primary amides is 1. The number of carbonyl (C=O) groups excluding carboxylic acids is 1. The number of carbonyl (C=O) groups is 2. The number of likely N-dealkylation sites (tertiary alicyclic amines) is 1. The first-order valence-corrected chi connectivity index (χ1v) is 5.94. The van der Waals surface area contributed by atoms with E-state index in [9.17, 15) is 9.59 Å². The fourth-order valence-electron chi connectivity index (χ4n) is 2.41. The van der Waals surface area contributed by atoms with Crippen molar-refractivity contribution in [1.29, 1.82) is 0 Å². The number of amides is 1. The number of aliphatic carboxylic acids is 1. The Bertz CT molecular complexity index is 473. The topological polar surface area (TPSA) is 83.6 Å². The van der Waals surface area contributed by atoms with Gasteiger partial charge >= 0.3 is 5.97 Å². The molecule has 5 nitrogen and oxygen atoms in total. The van der Waals surface area contributed by atoms with Gasteiger partial charge in [-0.3, -0.25) is 14.5 Å². The number of hydrogen-bond acceptors (Lipinski definition) is 3. The Balaban J connectivity index is 2.19. The second-order valence-electron chi connectivity index (χ2n) is 4.49. The highest BCUT2D eigenvalue weighted by Crippen LogP contribution is 2.21. The molecular weight excluding hydrogens is 232 g/mol. The lowest BCUT2D eigenvalue weighted by molar-refractivity contribution is -0.142. The zero-order valence-electron chi connectivity index (χ0n) is 10.0. The van der Waals surface area contributed by atoms with E-state index in [1.807, 2.05) is 17.0 Å². The quantitative estimate of drug-likeness (QED) is 0.826. The Morgan fingerprint density at radius 3 is 2.78 bits per heavy atom. The van der Waals surface area contributed by atoms with Gasteiger partial charge < -0.3 is 10.8 Å². The Morgan fingerprint density at radius 2 is 2.11 bits per heavy atom. The van der Waals surface area contributed by atoms with Crippen LogP contribution in [0.25, 0.3) is 0 Å². The summed E-state index contributed by atoms with van der Waals surface area (Å²) in [5.41, 5.74) is 6.57. The van der Waals surface area contributed by atoms with Crippen LogP contribution >= 0.6 is 0 Å². The summed E-state index contributed by atoms with van der Waals surface area (Å²) in [5.74, 6) is -1.28. The van der Waals surface area contributed by atoms with Crippen LogP contribution in [0.1, 0.15) is 28.8 Å². The molecule has 1 aromatic carbocycles. The van der Waals surface area contributed by atoms with Gasteiger partial charge in [0.1, 0.15) is 6.04 Å². The third-order valence-electron chi connectivity index (χ3n) is 3.30. The molecule has 0 bridgehead atoms. The van der Waals surface area contributed by atoms with Crippen LogP contribution in [-0.4, -0.2) is 34.5 Å². The van der Waals surface area contributed by atoms with Gasteiger partial charge in [-0.25, -0.2) is 0 Å². The van der Waals surface area contributed by atoms with Gasteiger partial charge in [0, 0.05) is 12.1 Å². The normalized spacial score (nSPS) is 19.9. The summed E-state index contributed by atoms with van der Waals surface area (Å²) in [4.78, 5) is 24.3. The summed E-state index contributed by atoms with van der Waals surface area (Å²) in [6, 6.07) is 6.61. The van der Waals surface area contributed by atoms with Gasteiger partial charge in [0.2, 0.25) is 5.91 Å². The van der Waals surface area contributed by atoms with Crippen molar-refractivity contribution < 1.29 is 14.7 Å². The minimum atomic E-state index is -0.802. The first kappa shape index (κ1) is 12.6. The van der Waals surface area contributed by atoms with Crippen LogP contribution < -0.4 is 5.73 Å². The average molecular weight is 248 g/mol. The predicted molar refractivity (Wildman–Crippen MR) is 66.0 cm³/mol. The number of rotatable bonds is 4. The van der Waals surface area contributed by atoms with Crippen LogP contribution in [0.4, 0.5) is 0 Å². The van der Waals surface area contributed by atoms with E-state index in [1.54, 1.807) is 12.1 Å². The van der Waals surface area contributed by atoms with E-state index >= 15 is 0 Å². The van der Waals surface area contributed by atoms with Gasteiger partial charge in [0.05, 0.1) is 0 Å². The standard InChI is InChI=1S/C13H16N2O3/c14-12(16)10-5-2-1-4-9(10)8-15-7-3-6-11(15)13(17)18/h1-2,4-5,11H,3,6-8H2,(H2,14,16)(H,17,18). The van der Waals surface area contributed by atoms with E-state index in [1.165, 1.54) is 0 Å². The second kappa shape index (κ2) is 5.18. The van der Waals surface area contributed by atoms with Crippen LogP contribution in [0, 0.1) is 0 Å². The highest BCUT2D eigenvalue weighted by Gasteiger charge is 2.30. The molecule has 0 aromatic heterocycles. The lowest BCUT2D eigenvalue weighted by atomic mass is 10.1. The van der Waals surface area contributed by atoms with E-state index in [2.05, 4.69) is 0 Å². The zero-order chi connectivity index (χ0) is 13.1. The van der Waals surface area contributed by atoms with Crippen molar-refractivity contribution in [3.63, 3.8) is 0 Å². The molecule has 1 aromatic rings. The van der Waals surface area contributed by atoms with Crippen molar-refractivity contribution in [2.45, 2.75) is 25.4 Å². The lowest BCUT2D eigenvalue weighted by Gasteiger charge is -2.21. The summed E-state index contributed by atoms with van der Waals surface area (Å²) in [6.07, 6.45) is 1.53. The van der Waals surface area contributed by atoms with Crippen molar-refractivity contribution in [2.24, 2.45) is 5.73 Å². The molecule has 1 fully saturated rings. The van der Waals surface area contributed by atoms with Gasteiger partial charge in [-0.05, 0) is 31.0 Å². The van der Waals surface area contributed by atoms with Crippen molar-refractivity contribution in [2.75, 3.05) is 6.54 Å². The molecule has 1 amide bonds. The first-order valence-electron chi connectivity index (χ1n) is 5.94. The third kappa shape index (κ3) is 2.51. The smallest absolute Gasteiger partial charge is 0.320 e. The van der Waals surface area contributed by atoms with Crippen molar-refractivity contribution in [1.82, 2.24) is 4.90 Å². The fraction of sp³-hybridized carbons (Fsp3) is 0.385. The lowest BCUT2D eigenvalue weighted by Crippen LogP contribution is -2.35. The number of carboxylic acid groups (broad SMARTS) is 1. The van der Waals surface area contributed by atoms with Crippen LogP contribution in [0.3, 0.4) is 0 Å². The Kier molecular flexibility index (Phi) is 3.62. The highest BCUT2D eigenvalue weighted by molar-refractivity contribution is 5.94. The molecule has 1 aliphatic rings. The van der Waals surface area contributed by atoms with Crippen LogP contribution in [0.2, 0.25) is 0 Å². The molecule has 1 aliphatic heterocycles. The summed E-state index contributed by atoms with van der Waals surface area (Å²) in [5, 5.41) is 9.11. The number of hydrogen-bond donors (Lipinski definition) is 2. The van der Waals surface area contributed by atoms with E-state index in [-0.39, 0.29) is 0 Å². The van der Waals surface area contributed by atoms with Gasteiger partial charge in [0.15, 0.2) is 0 Å². The molecule has 1 saturated heterocycles. The Morgan fingerprint density at radius 1 is 1.39 bits per heavy atom. The maximum absolute atomic E-state index is 11.3. The number of carboxylic acids is 1. The molecular formula is C13H16N2O3. The van der Waals surface area contributed by atoms with E-state index < -0.39 is 17.9 Å². The van der Waals surface area contributed by atoms with E-state index in [0.29, 0.717) is 18.5 Å². The zero-order valence-corrected chi connectivity index (χ0v) is 10.0. The summed E-state index contributed by atoms with van der Waals surface area (Å²) in [7, 11) is 0. The van der Waals surface area contributed by atoms with Gasteiger partial charge in [-0.15, -0.1) is 0 Å². The maximum atomic E-state index is 11.3. The maximum Gasteiger partial charge on any atom is 0.320 e. The number of nitrogens with zero attached hydrogens (tertiary/aromatic N) is 1. The molecule has 1 unspecified atom stereocenters. The predicted octanol–water partition coefficient (Wildman–Crippen LogP) is 0.835. The molecule has 0 aliphatic carbocycles. The molecule has 0 spiro atoms. The van der Waals surface area contributed by atoms with E-state index in [4.69, 9.17) is 10.8 Å². The van der Waals surface area contributed by atoms with Gasteiger partial charge in [-0.1, -0.05) is 18.2 Å². The van der Waals surface area contributed by atoms with Gasteiger partial charge in [-0.2, -0.15) is 0 Å². The SMILES string of the molecule is NC(=O)c1ccccc1CN1CCCC1C(=O)O. The fourth-order valence-corrected chi connectivity index (χ4v) is 2.41. The van der Waals surface area contributed by atoms with Crippen molar-refractivity contribution in [3.8, 4) is 0 Å². The van der Waals surface area contributed by atoms with Crippen LogP contribution in [0.5, 0.6) is 0 Å². The molecule has 5 heteroatoms. The molecule has 1 heterocycles. The number of nitrogens with two attached hydrogens (primary N) is 1. The number of benzene rings is 1.